The quantitative estimate of drug-likeness (QED) is 0.255. The molecule has 0 radical (unpaired) electrons. The maximum Gasteiger partial charge on any atom is 0.459 e. The molecule has 3 rings (SSSR count). The molecule has 1 saturated carbocycles. The van der Waals surface area contributed by atoms with E-state index in [0.29, 0.717) is 4.68 Å². The number of nitrogens with two attached hydrogens (primary N) is 1. The predicted molar refractivity (Wildman–Crippen MR) is 124 cm³/mol. The van der Waals surface area contributed by atoms with Crippen molar-refractivity contribution < 1.29 is 40.3 Å². The molecule has 2 N–H and O–H groups in total. The number of carbonyl (C=O) groups excluding carboxylic acids is 1. The lowest BCUT2D eigenvalue weighted by Gasteiger charge is -2.20. The number of amides is 1. The number of ether oxygens (including phenoxy) is 1. The van der Waals surface area contributed by atoms with Crippen LogP contribution in [0.4, 0.5) is 36.6 Å². The molecule has 1 aromatic carbocycles. The van der Waals surface area contributed by atoms with Gasteiger partial charge in [-0.15, -0.1) is 6.42 Å². The second kappa shape index (κ2) is 10.9. The third-order valence-electron chi connectivity index (χ3n) is 5.38. The zero-order chi connectivity index (χ0) is 28.4. The van der Waals surface area contributed by atoms with Gasteiger partial charge in [0.05, 0.1) is 17.1 Å². The molecule has 1 aliphatic rings. The summed E-state index contributed by atoms with van der Waals surface area (Å²) < 4.78 is 96.8. The minimum absolute atomic E-state index is 0.0268. The van der Waals surface area contributed by atoms with Gasteiger partial charge >= 0.3 is 18.7 Å². The van der Waals surface area contributed by atoms with Crippen LogP contribution in [0.15, 0.2) is 29.4 Å². The third-order valence-corrected chi connectivity index (χ3v) is 5.71. The monoisotopic (exact) mass is 565 g/mol. The molecule has 0 aliphatic heterocycles. The number of aliphatic imine (C=N–C) groups is 1. The van der Waals surface area contributed by atoms with Gasteiger partial charge in [-0.3, -0.25) is 4.79 Å². The summed E-state index contributed by atoms with van der Waals surface area (Å²) in [5, 5.41) is 3.12. The van der Waals surface area contributed by atoms with Crippen molar-refractivity contribution in [2.75, 3.05) is 6.54 Å². The predicted octanol–water partition coefficient (Wildman–Crippen LogP) is 5.27. The summed E-state index contributed by atoms with van der Waals surface area (Å²) in [5.41, 5.74) is 3.87. The Morgan fingerprint density at radius 3 is 2.55 bits per heavy atom. The minimum Gasteiger partial charge on any atom is -0.428 e. The molecule has 0 saturated heterocycles. The zero-order valence-corrected chi connectivity index (χ0v) is 20.2. The topological polar surface area (TPSA) is 85.7 Å². The van der Waals surface area contributed by atoms with Gasteiger partial charge in [-0.05, 0) is 30.5 Å². The first kappa shape index (κ1) is 28.8. The molecule has 2 aromatic rings. The molecule has 1 aromatic heterocycles. The Labute approximate surface area is 216 Å². The maximum absolute atomic E-state index is 14.0. The van der Waals surface area contributed by atoms with Crippen molar-refractivity contribution in [3.63, 3.8) is 0 Å². The van der Waals surface area contributed by atoms with Gasteiger partial charge in [-0.25, -0.2) is 9.67 Å². The first-order valence-corrected chi connectivity index (χ1v) is 11.1. The lowest BCUT2D eigenvalue weighted by Crippen LogP contribution is -2.34. The summed E-state index contributed by atoms with van der Waals surface area (Å²) in [5.74, 6) is -6.11. The summed E-state index contributed by atoms with van der Waals surface area (Å²) >= 11 is 6.21. The first-order valence-electron chi connectivity index (χ1n) is 10.7. The molecule has 38 heavy (non-hydrogen) atoms. The summed E-state index contributed by atoms with van der Waals surface area (Å²) in [4.78, 5) is 18.3. The summed E-state index contributed by atoms with van der Waals surface area (Å²) in [7, 11) is 0.907. The number of hydrogen-bond donors (Lipinski definition) is 1. The van der Waals surface area contributed by atoms with Crippen molar-refractivity contribution >= 4 is 35.1 Å². The summed E-state index contributed by atoms with van der Waals surface area (Å²) in [6.45, 7) is -3.72. The Morgan fingerprint density at radius 1 is 1.37 bits per heavy atom. The molecule has 0 unspecified atom stereocenters. The number of benzene rings is 1. The fourth-order valence-corrected chi connectivity index (χ4v) is 3.59. The van der Waals surface area contributed by atoms with Crippen molar-refractivity contribution in [3.05, 3.63) is 46.2 Å². The highest BCUT2D eigenvalue weighted by Gasteiger charge is 2.62. The standard InChI is InChI=1S/C23H19ClF7N5O2/c1-3-8-36(14-5-6-14)20(37)15-9-12(4-7-16(15)24)13(10-32)11-33-19-17(38-21(25)26)18(34-35(19)2)22(27,28)23(29,30)31/h1,4,7,9-11,14,21H,5-6,8,32H2,2H3. The highest BCUT2D eigenvalue weighted by atomic mass is 35.5. The number of allylic oxidation sites excluding steroid dienone is 1. The van der Waals surface area contributed by atoms with Gasteiger partial charge in [0, 0.05) is 31.1 Å². The van der Waals surface area contributed by atoms with Gasteiger partial charge in [-0.2, -0.15) is 35.8 Å². The fourth-order valence-electron chi connectivity index (χ4n) is 3.39. The number of alkyl halides is 7. The Bertz CT molecular complexity index is 1310. The highest BCUT2D eigenvalue weighted by Crippen LogP contribution is 2.49. The number of hydrogen-bond acceptors (Lipinski definition) is 5. The first-order chi connectivity index (χ1) is 17.7. The Morgan fingerprint density at radius 2 is 2.03 bits per heavy atom. The Balaban J connectivity index is 2.01. The van der Waals surface area contributed by atoms with E-state index in [-0.39, 0.29) is 34.3 Å². The fraction of sp³-hybridized carbons (Fsp3) is 0.348. The second-order valence-electron chi connectivity index (χ2n) is 8.02. The number of aromatic nitrogens is 2. The molecule has 0 atom stereocenters. The number of aryl methyl sites for hydroxylation is 1. The third kappa shape index (κ3) is 5.88. The molecular weight excluding hydrogens is 547 g/mol. The van der Waals surface area contributed by atoms with Crippen LogP contribution in [0.5, 0.6) is 5.75 Å². The van der Waals surface area contributed by atoms with Crippen molar-refractivity contribution in [2.45, 2.75) is 37.6 Å². The van der Waals surface area contributed by atoms with E-state index in [2.05, 4.69) is 20.7 Å². The molecule has 1 heterocycles. The number of nitrogens with zero attached hydrogens (tertiary/aromatic N) is 4. The van der Waals surface area contributed by atoms with E-state index in [1.54, 1.807) is 0 Å². The SMILES string of the molecule is C#CCN(C(=O)c1cc(C(C=Nc2c(OC(F)F)c(C(F)(F)C(F)(F)F)nn2C)=CN)ccc1Cl)C1CC1. The zero-order valence-electron chi connectivity index (χ0n) is 19.4. The van der Waals surface area contributed by atoms with Crippen LogP contribution in [0.3, 0.4) is 0 Å². The number of terminal acetylenes is 1. The van der Waals surface area contributed by atoms with Crippen LogP contribution in [0.25, 0.3) is 5.57 Å². The molecule has 0 bridgehead atoms. The van der Waals surface area contributed by atoms with Gasteiger partial charge in [0.1, 0.15) is 0 Å². The van der Waals surface area contributed by atoms with Crippen LogP contribution < -0.4 is 10.5 Å². The van der Waals surface area contributed by atoms with E-state index in [1.165, 1.54) is 23.1 Å². The molecule has 1 fully saturated rings. The minimum atomic E-state index is -6.15. The smallest absolute Gasteiger partial charge is 0.428 e. The van der Waals surface area contributed by atoms with Gasteiger partial charge in [-0.1, -0.05) is 23.6 Å². The summed E-state index contributed by atoms with van der Waals surface area (Å²) in [6, 6.07) is 4.12. The Hall–Kier alpha value is -3.73. The van der Waals surface area contributed by atoms with E-state index < -0.39 is 41.9 Å². The van der Waals surface area contributed by atoms with E-state index in [4.69, 9.17) is 23.8 Å². The van der Waals surface area contributed by atoms with Crippen LogP contribution in [-0.4, -0.2) is 52.2 Å². The number of rotatable bonds is 9. The second-order valence-corrected chi connectivity index (χ2v) is 8.43. The van der Waals surface area contributed by atoms with Crippen molar-refractivity contribution in [1.29, 1.82) is 0 Å². The van der Waals surface area contributed by atoms with E-state index in [1.807, 2.05) is 0 Å². The van der Waals surface area contributed by atoms with Crippen LogP contribution in [0.1, 0.15) is 34.5 Å². The molecule has 1 amide bonds. The average Bonchev–Trinajstić information content (AvgIpc) is 3.62. The van der Waals surface area contributed by atoms with Crippen LogP contribution in [-0.2, 0) is 13.0 Å². The van der Waals surface area contributed by atoms with E-state index >= 15 is 0 Å². The van der Waals surface area contributed by atoms with Crippen LogP contribution in [0, 0.1) is 12.3 Å². The molecule has 0 spiro atoms. The molecular formula is C23H19ClF7N5O2. The van der Waals surface area contributed by atoms with Gasteiger partial charge in [0.15, 0.2) is 17.3 Å². The van der Waals surface area contributed by atoms with Gasteiger partial charge in [0.2, 0.25) is 0 Å². The highest BCUT2D eigenvalue weighted by molar-refractivity contribution is 6.34. The van der Waals surface area contributed by atoms with Crippen LogP contribution >= 0.6 is 11.6 Å². The largest absolute Gasteiger partial charge is 0.459 e. The van der Waals surface area contributed by atoms with Gasteiger partial charge in [0.25, 0.3) is 5.91 Å². The van der Waals surface area contributed by atoms with Crippen LogP contribution in [0.2, 0.25) is 5.02 Å². The molecule has 1 aliphatic carbocycles. The lowest BCUT2D eigenvalue weighted by atomic mass is 10.0. The number of carbonyl (C=O) groups is 1. The summed E-state index contributed by atoms with van der Waals surface area (Å²) in [6.07, 6.45) is 2.63. The molecule has 204 valence electrons. The normalized spacial score (nSPS) is 14.7. The molecule has 7 nitrogen and oxygen atoms in total. The average molecular weight is 566 g/mol. The Kier molecular flexibility index (Phi) is 8.30. The molecule has 15 heteroatoms. The van der Waals surface area contributed by atoms with Crippen molar-refractivity contribution in [3.8, 4) is 18.1 Å². The maximum atomic E-state index is 14.0. The number of halogens is 8. The lowest BCUT2D eigenvalue weighted by molar-refractivity contribution is -0.291. The van der Waals surface area contributed by atoms with Crippen molar-refractivity contribution in [1.82, 2.24) is 14.7 Å². The van der Waals surface area contributed by atoms with Gasteiger partial charge < -0.3 is 15.4 Å². The van der Waals surface area contributed by atoms with E-state index in [0.717, 1.165) is 32.3 Å². The van der Waals surface area contributed by atoms with Crippen molar-refractivity contribution in [2.24, 2.45) is 17.8 Å². The van der Waals surface area contributed by atoms with E-state index in [9.17, 15) is 35.5 Å².